The number of hydrogen-bond donors (Lipinski definition) is 0. The third-order valence-corrected chi connectivity index (χ3v) is 7.78. The smallest absolute Gasteiger partial charge is 0.343 e. The van der Waals surface area contributed by atoms with Crippen molar-refractivity contribution in [3.05, 3.63) is 145 Å². The summed E-state index contributed by atoms with van der Waals surface area (Å²) >= 11 is 0. The van der Waals surface area contributed by atoms with Crippen molar-refractivity contribution in [2.45, 2.75) is 44.9 Å². The molecule has 0 amide bonds. The highest BCUT2D eigenvalue weighted by Gasteiger charge is 2.10. The lowest BCUT2D eigenvalue weighted by Gasteiger charge is -2.08. The molecule has 0 saturated heterocycles. The molecule has 12 heteroatoms. The number of benzene rings is 4. The van der Waals surface area contributed by atoms with Crippen LogP contribution in [0.4, 0.5) is 0 Å². The van der Waals surface area contributed by atoms with Crippen molar-refractivity contribution >= 4 is 30.3 Å². The second kappa shape index (κ2) is 27.0. The first kappa shape index (κ1) is 44.7. The molecule has 300 valence electrons. The zero-order valence-corrected chi connectivity index (χ0v) is 31.8. The topological polar surface area (TPSA) is 150 Å². The number of unbranched alkanes of at least 4 members (excludes halogenated alkanes) is 4. The van der Waals surface area contributed by atoms with Crippen LogP contribution in [0.15, 0.2) is 128 Å². The average molecular weight is 781 g/mol. The lowest BCUT2D eigenvalue weighted by Crippen LogP contribution is -2.08. The number of hydrogen-bond acceptors (Lipinski definition) is 12. The lowest BCUT2D eigenvalue weighted by molar-refractivity contribution is -0.138. The summed E-state index contributed by atoms with van der Waals surface area (Å²) in [5.74, 6) is 0.631. The first-order valence-corrected chi connectivity index (χ1v) is 18.5. The van der Waals surface area contributed by atoms with Crippen LogP contribution in [0.1, 0.15) is 64.8 Å². The number of esters is 4. The van der Waals surface area contributed by atoms with E-state index in [4.69, 9.17) is 28.4 Å². The molecule has 0 aromatic heterocycles. The van der Waals surface area contributed by atoms with Gasteiger partial charge in [-0.2, -0.15) is 0 Å². The Morgan fingerprint density at radius 3 is 1.33 bits per heavy atom. The third-order valence-electron chi connectivity index (χ3n) is 7.78. The number of rotatable bonds is 24. The number of ether oxygens (including phenoxy) is 7. The summed E-state index contributed by atoms with van der Waals surface area (Å²) in [5, 5.41) is 0. The Kier molecular flexibility index (Phi) is 21.2. The predicted octanol–water partition coefficient (Wildman–Crippen LogP) is 8.08. The SMILES string of the molecule is C=CC(=O)OCCCCCOc1ccc(C(=O)Oc2ccc(CCOC=O)cc2)cc1.C=CC(=O)OCCCCCOc1ccc(C(=O)Oc2ccccc2)cc1. The molecule has 0 fully saturated rings. The minimum Gasteiger partial charge on any atom is -0.494 e. The van der Waals surface area contributed by atoms with Crippen molar-refractivity contribution < 1.29 is 57.1 Å². The van der Waals surface area contributed by atoms with Crippen LogP contribution in [0.2, 0.25) is 0 Å². The van der Waals surface area contributed by atoms with Gasteiger partial charge in [-0.15, -0.1) is 0 Å². The van der Waals surface area contributed by atoms with Gasteiger partial charge in [0.1, 0.15) is 23.0 Å². The second-order valence-electron chi connectivity index (χ2n) is 12.1. The van der Waals surface area contributed by atoms with Crippen molar-refractivity contribution in [2.75, 3.05) is 33.0 Å². The van der Waals surface area contributed by atoms with Crippen LogP contribution in [-0.4, -0.2) is 63.4 Å². The Labute approximate surface area is 332 Å². The molecule has 57 heavy (non-hydrogen) atoms. The van der Waals surface area contributed by atoms with Crippen molar-refractivity contribution in [3.63, 3.8) is 0 Å². The molecule has 0 bridgehead atoms. The molecule has 0 unspecified atom stereocenters. The van der Waals surface area contributed by atoms with E-state index < -0.39 is 23.9 Å². The van der Waals surface area contributed by atoms with E-state index in [0.29, 0.717) is 80.1 Å². The van der Waals surface area contributed by atoms with Crippen LogP contribution < -0.4 is 18.9 Å². The van der Waals surface area contributed by atoms with Crippen LogP contribution in [0, 0.1) is 0 Å². The van der Waals surface area contributed by atoms with E-state index in [9.17, 15) is 24.0 Å². The molecule has 0 N–H and O–H groups in total. The van der Waals surface area contributed by atoms with E-state index in [-0.39, 0.29) is 0 Å². The standard InChI is InChI=1S/C24H26O7.C21H22O5/c1-2-23(26)30-16-5-3-4-15-29-21-12-8-20(9-13-21)24(27)31-22-10-6-19(7-11-22)14-17-28-18-25;1-2-20(22)25-16-8-4-7-15-24-18-13-11-17(12-14-18)21(23)26-19-9-5-3-6-10-19/h2,6-13,18H,1,3-5,14-17H2;2-3,5-6,9-14H,1,4,7-8,15-16H2. The first-order chi connectivity index (χ1) is 27.8. The average Bonchev–Trinajstić information content (AvgIpc) is 3.24. The maximum atomic E-state index is 12.3. The van der Waals surface area contributed by atoms with E-state index >= 15 is 0 Å². The minimum absolute atomic E-state index is 0.308. The van der Waals surface area contributed by atoms with Crippen molar-refractivity contribution in [1.82, 2.24) is 0 Å². The Morgan fingerprint density at radius 1 is 0.474 bits per heavy atom. The van der Waals surface area contributed by atoms with Gasteiger partial charge in [0.2, 0.25) is 0 Å². The monoisotopic (exact) mass is 780 g/mol. The summed E-state index contributed by atoms with van der Waals surface area (Å²) in [6.07, 6.45) is 7.89. The lowest BCUT2D eigenvalue weighted by atomic mass is 10.1. The van der Waals surface area contributed by atoms with Gasteiger partial charge in [0.15, 0.2) is 0 Å². The highest BCUT2D eigenvalue weighted by molar-refractivity contribution is 5.91. The summed E-state index contributed by atoms with van der Waals surface area (Å²) in [6.45, 7) is 9.25. The van der Waals surface area contributed by atoms with Gasteiger partial charge in [-0.1, -0.05) is 43.5 Å². The highest BCUT2D eigenvalue weighted by atomic mass is 16.5. The van der Waals surface area contributed by atoms with E-state index in [1.54, 1.807) is 72.8 Å². The summed E-state index contributed by atoms with van der Waals surface area (Å²) < 4.78 is 36.4. The van der Waals surface area contributed by atoms with Gasteiger partial charge < -0.3 is 33.2 Å². The quantitative estimate of drug-likeness (QED) is 0.0169. The van der Waals surface area contributed by atoms with E-state index in [0.717, 1.165) is 56.2 Å². The Hall–Kier alpha value is -6.69. The van der Waals surface area contributed by atoms with Crippen LogP contribution in [-0.2, 0) is 35.0 Å². The van der Waals surface area contributed by atoms with Gasteiger partial charge in [0, 0.05) is 18.6 Å². The molecule has 0 spiro atoms. The van der Waals surface area contributed by atoms with Crippen LogP contribution >= 0.6 is 0 Å². The molecule has 12 nitrogen and oxygen atoms in total. The second-order valence-corrected chi connectivity index (χ2v) is 12.1. The molecule has 4 aromatic carbocycles. The fourth-order valence-corrected chi connectivity index (χ4v) is 4.75. The largest absolute Gasteiger partial charge is 0.494 e. The minimum atomic E-state index is -0.461. The van der Waals surface area contributed by atoms with Gasteiger partial charge in [-0.25, -0.2) is 19.2 Å². The molecule has 0 aliphatic heterocycles. The predicted molar refractivity (Wildman–Crippen MR) is 212 cm³/mol. The van der Waals surface area contributed by atoms with Gasteiger partial charge in [-0.05, 0) is 117 Å². The van der Waals surface area contributed by atoms with Crippen LogP contribution in [0.5, 0.6) is 23.0 Å². The Morgan fingerprint density at radius 2 is 0.895 bits per heavy atom. The highest BCUT2D eigenvalue weighted by Crippen LogP contribution is 2.18. The number of carbonyl (C=O) groups is 5. The van der Waals surface area contributed by atoms with Gasteiger partial charge in [0.25, 0.3) is 6.47 Å². The van der Waals surface area contributed by atoms with Gasteiger partial charge in [0.05, 0.1) is 44.2 Å². The Bertz CT molecular complexity index is 1820. The molecule has 4 aromatic rings. The number of para-hydroxylation sites is 1. The maximum absolute atomic E-state index is 12.3. The van der Waals surface area contributed by atoms with E-state index in [1.807, 2.05) is 30.3 Å². The molecule has 0 atom stereocenters. The normalized spacial score (nSPS) is 10.0. The van der Waals surface area contributed by atoms with E-state index in [1.165, 1.54) is 0 Å². The fourth-order valence-electron chi connectivity index (χ4n) is 4.75. The molecule has 0 saturated carbocycles. The molecule has 4 rings (SSSR count). The van der Waals surface area contributed by atoms with Crippen LogP contribution in [0.3, 0.4) is 0 Å². The third kappa shape index (κ3) is 19.0. The number of carbonyl (C=O) groups excluding carboxylic acids is 5. The Balaban J connectivity index is 0.000000310. The fraction of sp³-hybridized carbons (Fsp3) is 0.267. The molecule has 0 heterocycles. The summed E-state index contributed by atoms with van der Waals surface area (Å²) in [6, 6.07) is 29.5. The first-order valence-electron chi connectivity index (χ1n) is 18.5. The van der Waals surface area contributed by atoms with Crippen LogP contribution in [0.25, 0.3) is 0 Å². The van der Waals surface area contributed by atoms with Crippen molar-refractivity contribution in [2.24, 2.45) is 0 Å². The maximum Gasteiger partial charge on any atom is 0.343 e. The van der Waals surface area contributed by atoms with Crippen molar-refractivity contribution in [1.29, 1.82) is 0 Å². The van der Waals surface area contributed by atoms with Crippen molar-refractivity contribution in [3.8, 4) is 23.0 Å². The van der Waals surface area contributed by atoms with E-state index in [2.05, 4.69) is 17.9 Å². The van der Waals surface area contributed by atoms with Gasteiger partial charge >= 0.3 is 23.9 Å². The summed E-state index contributed by atoms with van der Waals surface area (Å²) in [4.78, 5) is 56.3. The molecule has 0 radical (unpaired) electrons. The molecular weight excluding hydrogens is 732 g/mol. The summed E-state index contributed by atoms with van der Waals surface area (Å²) in [7, 11) is 0. The van der Waals surface area contributed by atoms with Gasteiger partial charge in [-0.3, -0.25) is 4.79 Å². The molecule has 0 aliphatic rings. The molecular formula is C45H48O12. The summed E-state index contributed by atoms with van der Waals surface area (Å²) in [5.41, 5.74) is 1.85. The zero-order valence-electron chi connectivity index (χ0n) is 31.8. The zero-order chi connectivity index (χ0) is 40.9. The molecule has 0 aliphatic carbocycles.